The summed E-state index contributed by atoms with van der Waals surface area (Å²) in [7, 11) is 1.82. The Balaban J connectivity index is 1.45. The van der Waals surface area contributed by atoms with Gasteiger partial charge in [0.1, 0.15) is 11.4 Å². The summed E-state index contributed by atoms with van der Waals surface area (Å²) in [6, 6.07) is 5.44. The summed E-state index contributed by atoms with van der Waals surface area (Å²) in [5.41, 5.74) is 2.86. The lowest BCUT2D eigenvalue weighted by molar-refractivity contribution is -0.143. The van der Waals surface area contributed by atoms with Gasteiger partial charge in [-0.2, -0.15) is 4.98 Å². The zero-order chi connectivity index (χ0) is 24.8. The van der Waals surface area contributed by atoms with Gasteiger partial charge in [-0.1, -0.05) is 12.1 Å². The van der Waals surface area contributed by atoms with Crippen molar-refractivity contribution in [1.29, 1.82) is 0 Å². The molecule has 0 aliphatic heterocycles. The predicted molar refractivity (Wildman–Crippen MR) is 128 cm³/mol. The molecule has 0 bridgehead atoms. The Morgan fingerprint density at radius 1 is 1.26 bits per heavy atom. The number of carboxylic acid groups (broad SMARTS) is 1. The molecular formula is C24H31N7O4. The summed E-state index contributed by atoms with van der Waals surface area (Å²) >= 11 is 0. The second-order valence-corrected chi connectivity index (χ2v) is 8.65. The van der Waals surface area contributed by atoms with E-state index in [-0.39, 0.29) is 12.0 Å². The van der Waals surface area contributed by atoms with E-state index in [0.717, 1.165) is 25.0 Å². The van der Waals surface area contributed by atoms with Crippen LogP contribution in [0, 0.1) is 12.8 Å². The van der Waals surface area contributed by atoms with Gasteiger partial charge < -0.3 is 19.9 Å². The van der Waals surface area contributed by atoms with Crippen LogP contribution < -0.4 is 14.8 Å². The molecule has 186 valence electrons. The Morgan fingerprint density at radius 3 is 2.89 bits per heavy atom. The third kappa shape index (κ3) is 6.03. The Labute approximate surface area is 203 Å². The van der Waals surface area contributed by atoms with Crippen LogP contribution in [-0.4, -0.2) is 53.7 Å². The average Bonchev–Trinajstić information content (AvgIpc) is 3.23. The number of aryl methyl sites for hydroxylation is 2. The minimum absolute atomic E-state index is 0.121. The summed E-state index contributed by atoms with van der Waals surface area (Å²) < 4.78 is 13.4. The molecule has 1 fully saturated rings. The standard InChI is InChI=1S/C24H31N7O4/c1-4-12-34-21-10-11-25-24(28-21)26-14-19-22(29-30-31(19)3)18-8-9-20(15(2)27-18)35-17-7-5-6-16(13-17)23(32)33/h8-11,16-17H,4-7,12-14H2,1-3H3,(H,32,33)(H,25,26,28)/t16-,17-/m0/s1. The van der Waals surface area contributed by atoms with Gasteiger partial charge in [-0.3, -0.25) is 4.79 Å². The smallest absolute Gasteiger partial charge is 0.306 e. The van der Waals surface area contributed by atoms with Crippen LogP contribution in [0.15, 0.2) is 24.4 Å². The number of carboxylic acids is 1. The molecule has 3 heterocycles. The second-order valence-electron chi connectivity index (χ2n) is 8.65. The highest BCUT2D eigenvalue weighted by molar-refractivity contribution is 5.70. The number of nitrogens with zero attached hydrogens (tertiary/aromatic N) is 6. The first-order valence-electron chi connectivity index (χ1n) is 11.9. The summed E-state index contributed by atoms with van der Waals surface area (Å²) in [4.78, 5) is 24.7. The average molecular weight is 482 g/mol. The first-order valence-corrected chi connectivity index (χ1v) is 11.9. The molecule has 0 aromatic carbocycles. The number of aliphatic carboxylic acids is 1. The molecule has 1 aliphatic carbocycles. The number of ether oxygens (including phenoxy) is 2. The number of nitrogens with one attached hydrogen (secondary N) is 1. The van der Waals surface area contributed by atoms with Crippen LogP contribution in [0.5, 0.6) is 11.6 Å². The highest BCUT2D eigenvalue weighted by Crippen LogP contribution is 2.30. The van der Waals surface area contributed by atoms with Crippen LogP contribution in [0.2, 0.25) is 0 Å². The molecule has 0 amide bonds. The topological polar surface area (TPSA) is 137 Å². The summed E-state index contributed by atoms with van der Waals surface area (Å²) in [5, 5.41) is 21.0. The third-order valence-corrected chi connectivity index (χ3v) is 5.99. The third-order valence-electron chi connectivity index (χ3n) is 5.99. The number of rotatable bonds is 10. The van der Waals surface area contributed by atoms with Crippen LogP contribution in [0.4, 0.5) is 5.95 Å². The normalized spacial score (nSPS) is 17.7. The van der Waals surface area contributed by atoms with Gasteiger partial charge >= 0.3 is 5.97 Å². The zero-order valence-corrected chi connectivity index (χ0v) is 20.3. The molecule has 1 saturated carbocycles. The van der Waals surface area contributed by atoms with Crippen molar-refractivity contribution < 1.29 is 19.4 Å². The maximum absolute atomic E-state index is 11.4. The quantitative estimate of drug-likeness (QED) is 0.443. The van der Waals surface area contributed by atoms with Crippen molar-refractivity contribution in [3.8, 4) is 23.0 Å². The molecule has 0 unspecified atom stereocenters. The Morgan fingerprint density at radius 2 is 2.11 bits per heavy atom. The molecule has 0 spiro atoms. The van der Waals surface area contributed by atoms with Crippen LogP contribution in [0.3, 0.4) is 0 Å². The molecular weight excluding hydrogens is 450 g/mol. The molecule has 3 aromatic heterocycles. The van der Waals surface area contributed by atoms with Crippen LogP contribution >= 0.6 is 0 Å². The number of aromatic nitrogens is 6. The lowest BCUT2D eigenvalue weighted by Crippen LogP contribution is -2.29. The van der Waals surface area contributed by atoms with E-state index in [2.05, 4.69) is 25.6 Å². The number of anilines is 1. The van der Waals surface area contributed by atoms with E-state index >= 15 is 0 Å². The fourth-order valence-corrected chi connectivity index (χ4v) is 4.11. The van der Waals surface area contributed by atoms with Gasteiger partial charge in [-0.25, -0.2) is 14.6 Å². The van der Waals surface area contributed by atoms with E-state index in [9.17, 15) is 9.90 Å². The monoisotopic (exact) mass is 481 g/mol. The molecule has 1 aliphatic rings. The van der Waals surface area contributed by atoms with Crippen molar-refractivity contribution in [2.24, 2.45) is 13.0 Å². The molecule has 0 radical (unpaired) electrons. The molecule has 2 atom stereocenters. The van der Waals surface area contributed by atoms with Gasteiger partial charge in [0.25, 0.3) is 0 Å². The van der Waals surface area contributed by atoms with Gasteiger partial charge in [0, 0.05) is 19.3 Å². The molecule has 3 aromatic rings. The van der Waals surface area contributed by atoms with Gasteiger partial charge in [-0.05, 0) is 51.2 Å². The number of hydrogen-bond acceptors (Lipinski definition) is 9. The summed E-state index contributed by atoms with van der Waals surface area (Å²) in [6.45, 7) is 4.91. The lowest BCUT2D eigenvalue weighted by Gasteiger charge is -2.27. The molecule has 11 heteroatoms. The molecule has 11 nitrogen and oxygen atoms in total. The SMILES string of the molecule is CCCOc1ccnc(NCc2c(-c3ccc(O[C@H]4CCC[C@H](C(=O)O)C4)c(C)n3)nnn2C)n1. The van der Waals surface area contributed by atoms with E-state index in [0.29, 0.717) is 60.7 Å². The summed E-state index contributed by atoms with van der Waals surface area (Å²) in [5.74, 6) is 0.529. The van der Waals surface area contributed by atoms with Gasteiger partial charge in [0.05, 0.1) is 42.3 Å². The Kier molecular flexibility index (Phi) is 7.74. The first kappa shape index (κ1) is 24.4. The van der Waals surface area contributed by atoms with E-state index < -0.39 is 5.97 Å². The van der Waals surface area contributed by atoms with Crippen molar-refractivity contribution in [2.45, 2.75) is 58.6 Å². The fourth-order valence-electron chi connectivity index (χ4n) is 4.11. The molecule has 2 N–H and O–H groups in total. The van der Waals surface area contributed by atoms with Crippen molar-refractivity contribution in [3.05, 3.63) is 35.8 Å². The first-order chi connectivity index (χ1) is 16.9. The number of carbonyl (C=O) groups is 1. The minimum Gasteiger partial charge on any atom is -0.489 e. The van der Waals surface area contributed by atoms with E-state index in [1.165, 1.54) is 0 Å². The van der Waals surface area contributed by atoms with E-state index in [1.54, 1.807) is 16.9 Å². The Hall–Kier alpha value is -3.76. The van der Waals surface area contributed by atoms with Gasteiger partial charge in [0.2, 0.25) is 11.8 Å². The Bertz CT molecular complexity index is 1170. The molecule has 4 rings (SSSR count). The van der Waals surface area contributed by atoms with Crippen molar-refractivity contribution in [2.75, 3.05) is 11.9 Å². The maximum Gasteiger partial charge on any atom is 0.306 e. The highest BCUT2D eigenvalue weighted by Gasteiger charge is 2.28. The number of pyridine rings is 1. The van der Waals surface area contributed by atoms with Crippen molar-refractivity contribution in [3.63, 3.8) is 0 Å². The van der Waals surface area contributed by atoms with Crippen molar-refractivity contribution >= 4 is 11.9 Å². The van der Waals surface area contributed by atoms with Gasteiger partial charge in [-0.15, -0.1) is 5.10 Å². The molecule has 0 saturated heterocycles. The second kappa shape index (κ2) is 11.1. The van der Waals surface area contributed by atoms with E-state index in [1.807, 2.05) is 33.0 Å². The zero-order valence-electron chi connectivity index (χ0n) is 20.3. The van der Waals surface area contributed by atoms with Gasteiger partial charge in [0.15, 0.2) is 0 Å². The lowest BCUT2D eigenvalue weighted by atomic mass is 9.87. The largest absolute Gasteiger partial charge is 0.489 e. The highest BCUT2D eigenvalue weighted by atomic mass is 16.5. The van der Waals surface area contributed by atoms with Crippen LogP contribution in [0.25, 0.3) is 11.4 Å². The predicted octanol–water partition coefficient (Wildman–Crippen LogP) is 3.40. The summed E-state index contributed by atoms with van der Waals surface area (Å²) in [6.07, 6.45) is 5.34. The fraction of sp³-hybridized carbons (Fsp3) is 0.500. The van der Waals surface area contributed by atoms with E-state index in [4.69, 9.17) is 14.5 Å². The van der Waals surface area contributed by atoms with Crippen molar-refractivity contribution in [1.82, 2.24) is 29.9 Å². The number of hydrogen-bond donors (Lipinski definition) is 2. The van der Waals surface area contributed by atoms with Crippen LogP contribution in [-0.2, 0) is 18.4 Å². The molecule has 35 heavy (non-hydrogen) atoms. The minimum atomic E-state index is -0.752. The maximum atomic E-state index is 11.4. The van der Waals surface area contributed by atoms with Crippen LogP contribution in [0.1, 0.15) is 50.4 Å².